The molecule has 0 aliphatic carbocycles. The molecule has 3 aromatic carbocycles. The van der Waals surface area contributed by atoms with Gasteiger partial charge in [0.05, 0.1) is 23.9 Å². The van der Waals surface area contributed by atoms with Gasteiger partial charge in [-0.2, -0.15) is 0 Å². The Bertz CT molecular complexity index is 1720. The van der Waals surface area contributed by atoms with E-state index in [0.717, 1.165) is 16.7 Å². The van der Waals surface area contributed by atoms with E-state index in [1.54, 1.807) is 36.9 Å². The van der Waals surface area contributed by atoms with Gasteiger partial charge in [-0.05, 0) is 56.6 Å². The first kappa shape index (κ1) is 32.2. The fourth-order valence-corrected chi connectivity index (χ4v) is 7.11. The van der Waals surface area contributed by atoms with Crippen molar-refractivity contribution in [3.05, 3.63) is 95.4 Å². The molecule has 238 valence electrons. The first-order valence-electron chi connectivity index (χ1n) is 15.0. The van der Waals surface area contributed by atoms with Crippen molar-refractivity contribution in [2.45, 2.75) is 51.3 Å². The fourth-order valence-electron chi connectivity index (χ4n) is 5.71. The van der Waals surface area contributed by atoms with Crippen LogP contribution in [0.5, 0.6) is 5.75 Å². The largest absolute Gasteiger partial charge is 0.486 e. The molecule has 3 atom stereocenters. The van der Waals surface area contributed by atoms with E-state index >= 15 is 0 Å². The molecule has 10 nitrogen and oxygen atoms in total. The fraction of sp³-hybridized carbons (Fsp3) is 0.353. The quantitative estimate of drug-likeness (QED) is 0.247. The predicted molar refractivity (Wildman–Crippen MR) is 173 cm³/mol. The molecule has 0 saturated carbocycles. The van der Waals surface area contributed by atoms with Crippen LogP contribution in [0.4, 0.5) is 5.69 Å². The minimum absolute atomic E-state index is 0.0595. The number of amides is 1. The number of hydrogen-bond acceptors (Lipinski definition) is 8. The molecule has 1 aromatic heterocycles. The minimum atomic E-state index is -4.12. The van der Waals surface area contributed by atoms with E-state index in [1.165, 1.54) is 6.92 Å². The lowest BCUT2D eigenvalue weighted by Gasteiger charge is -2.38. The highest BCUT2D eigenvalue weighted by Gasteiger charge is 2.35. The standard InChI is InChI=1S/C34H40N4O6S/c1-22-18-38(23(2)21-39)34(40)29-12-9-13-30(36-45(41,42)33-24(3)35-44-25(33)4)32(29)43-31(22)20-37(5)19-26-14-16-28(17-15-26)27-10-7-6-8-11-27/h6-17,22-23,31,36,39H,18-21H2,1-5H3/t22-,23+,31-/m0/s1. The molecule has 11 heteroatoms. The maximum absolute atomic E-state index is 13.8. The summed E-state index contributed by atoms with van der Waals surface area (Å²) in [5, 5.41) is 13.8. The summed E-state index contributed by atoms with van der Waals surface area (Å²) in [6.07, 6.45) is -0.413. The number of aryl methyl sites for hydroxylation is 2. The van der Waals surface area contributed by atoms with Crippen molar-refractivity contribution in [2.75, 3.05) is 31.5 Å². The van der Waals surface area contributed by atoms with Gasteiger partial charge in [-0.1, -0.05) is 72.7 Å². The number of aliphatic hydroxyl groups excluding tert-OH is 1. The van der Waals surface area contributed by atoms with Gasteiger partial charge in [0.15, 0.2) is 16.4 Å². The Labute approximate surface area is 264 Å². The number of likely N-dealkylation sites (N-methyl/N-ethyl adjacent to an activating group) is 1. The number of sulfonamides is 1. The zero-order valence-corrected chi connectivity index (χ0v) is 27.0. The monoisotopic (exact) mass is 632 g/mol. The molecule has 0 unspecified atom stereocenters. The Balaban J connectivity index is 1.44. The van der Waals surface area contributed by atoms with Crippen LogP contribution in [0.2, 0.25) is 0 Å². The SMILES string of the molecule is Cc1noc(C)c1S(=O)(=O)Nc1cccc2c1O[C@@H](CN(C)Cc1ccc(-c3ccccc3)cc1)[C@@H](C)CN([C@H](C)CO)C2=O. The highest BCUT2D eigenvalue weighted by Crippen LogP contribution is 2.36. The van der Waals surface area contributed by atoms with Crippen LogP contribution in [0, 0.1) is 19.8 Å². The molecule has 0 saturated heterocycles. The maximum Gasteiger partial charge on any atom is 0.267 e. The molecule has 0 fully saturated rings. The van der Waals surface area contributed by atoms with Crippen LogP contribution >= 0.6 is 0 Å². The highest BCUT2D eigenvalue weighted by molar-refractivity contribution is 7.92. The number of hydrogen-bond donors (Lipinski definition) is 2. The van der Waals surface area contributed by atoms with E-state index in [1.807, 2.05) is 32.2 Å². The number of nitrogens with zero attached hydrogens (tertiary/aromatic N) is 3. The van der Waals surface area contributed by atoms with E-state index < -0.39 is 22.2 Å². The number of nitrogens with one attached hydrogen (secondary N) is 1. The van der Waals surface area contributed by atoms with Crippen molar-refractivity contribution < 1.29 is 27.6 Å². The number of para-hydroxylation sites is 1. The third-order valence-corrected chi connectivity index (χ3v) is 9.79. The summed E-state index contributed by atoms with van der Waals surface area (Å²) in [4.78, 5) is 17.5. The first-order valence-corrected chi connectivity index (χ1v) is 16.5. The zero-order valence-electron chi connectivity index (χ0n) is 26.2. The van der Waals surface area contributed by atoms with E-state index in [4.69, 9.17) is 9.26 Å². The number of carbonyl (C=O) groups is 1. The molecule has 45 heavy (non-hydrogen) atoms. The molecule has 0 radical (unpaired) electrons. The van der Waals surface area contributed by atoms with Crippen LogP contribution in [-0.4, -0.2) is 73.3 Å². The molecule has 1 aliphatic heterocycles. The van der Waals surface area contributed by atoms with Gasteiger partial charge in [-0.3, -0.25) is 14.4 Å². The summed E-state index contributed by atoms with van der Waals surface area (Å²) in [7, 11) is -2.11. The number of aromatic nitrogens is 1. The van der Waals surface area contributed by atoms with Gasteiger partial charge in [0.25, 0.3) is 15.9 Å². The Morgan fingerprint density at radius 2 is 1.73 bits per heavy atom. The molecule has 5 rings (SSSR count). The number of anilines is 1. The van der Waals surface area contributed by atoms with Crippen molar-refractivity contribution in [3.8, 4) is 16.9 Å². The Morgan fingerprint density at radius 3 is 2.38 bits per heavy atom. The van der Waals surface area contributed by atoms with Gasteiger partial charge in [0.1, 0.15) is 11.8 Å². The number of fused-ring (bicyclic) bond motifs is 1. The maximum atomic E-state index is 13.8. The zero-order chi connectivity index (χ0) is 32.3. The number of carbonyl (C=O) groups excluding carboxylic acids is 1. The predicted octanol–water partition coefficient (Wildman–Crippen LogP) is 5.11. The molecule has 0 spiro atoms. The molecule has 0 bridgehead atoms. The summed E-state index contributed by atoms with van der Waals surface area (Å²) >= 11 is 0. The van der Waals surface area contributed by atoms with Crippen LogP contribution in [-0.2, 0) is 16.6 Å². The smallest absolute Gasteiger partial charge is 0.267 e. The second-order valence-corrected chi connectivity index (χ2v) is 13.4. The van der Waals surface area contributed by atoms with Crippen molar-refractivity contribution in [1.29, 1.82) is 0 Å². The van der Waals surface area contributed by atoms with Crippen LogP contribution in [0.15, 0.2) is 82.2 Å². The minimum Gasteiger partial charge on any atom is -0.486 e. The molecule has 1 aliphatic rings. The summed E-state index contributed by atoms with van der Waals surface area (Å²) in [5.41, 5.74) is 4.01. The van der Waals surface area contributed by atoms with E-state index in [-0.39, 0.29) is 51.8 Å². The average Bonchev–Trinajstić information content (AvgIpc) is 3.37. The van der Waals surface area contributed by atoms with Crippen LogP contribution in [0.25, 0.3) is 11.1 Å². The molecule has 4 aromatic rings. The summed E-state index contributed by atoms with van der Waals surface area (Å²) in [6, 6.07) is 23.0. The van der Waals surface area contributed by atoms with Crippen LogP contribution < -0.4 is 9.46 Å². The second kappa shape index (κ2) is 13.4. The van der Waals surface area contributed by atoms with Gasteiger partial charge in [0.2, 0.25) is 0 Å². The van der Waals surface area contributed by atoms with Crippen molar-refractivity contribution in [3.63, 3.8) is 0 Å². The Kier molecular flexibility index (Phi) is 9.62. The van der Waals surface area contributed by atoms with Gasteiger partial charge in [-0.15, -0.1) is 0 Å². The molecule has 2 N–H and O–H groups in total. The van der Waals surface area contributed by atoms with Crippen LogP contribution in [0.3, 0.4) is 0 Å². The van der Waals surface area contributed by atoms with Crippen molar-refractivity contribution in [2.24, 2.45) is 5.92 Å². The Morgan fingerprint density at radius 1 is 1.04 bits per heavy atom. The first-order chi connectivity index (χ1) is 21.5. The van der Waals surface area contributed by atoms with E-state index in [2.05, 4.69) is 51.2 Å². The third-order valence-electron chi connectivity index (χ3n) is 8.18. The second-order valence-electron chi connectivity index (χ2n) is 11.8. The summed E-state index contributed by atoms with van der Waals surface area (Å²) < 4.78 is 41.3. The normalized spacial score (nSPS) is 17.8. The number of benzene rings is 3. The average molecular weight is 633 g/mol. The number of aliphatic hydroxyl groups is 1. The lowest BCUT2D eigenvalue weighted by molar-refractivity contribution is 0.0344. The molecule has 2 heterocycles. The molecular weight excluding hydrogens is 592 g/mol. The third kappa shape index (κ3) is 7.06. The summed E-state index contributed by atoms with van der Waals surface area (Å²) in [5.74, 6) is -0.192. The van der Waals surface area contributed by atoms with E-state index in [0.29, 0.717) is 19.6 Å². The van der Waals surface area contributed by atoms with E-state index in [9.17, 15) is 18.3 Å². The Hall–Kier alpha value is -4.19. The number of ether oxygens (including phenoxy) is 1. The summed E-state index contributed by atoms with van der Waals surface area (Å²) in [6.45, 7) is 8.18. The molecule has 1 amide bonds. The lowest BCUT2D eigenvalue weighted by atomic mass is 9.98. The van der Waals surface area contributed by atoms with Gasteiger partial charge < -0.3 is 19.3 Å². The lowest BCUT2D eigenvalue weighted by Crippen LogP contribution is -2.49. The highest BCUT2D eigenvalue weighted by atomic mass is 32.2. The van der Waals surface area contributed by atoms with Crippen LogP contribution in [0.1, 0.15) is 41.2 Å². The number of rotatable bonds is 10. The topological polar surface area (TPSA) is 125 Å². The van der Waals surface area contributed by atoms with Crippen molar-refractivity contribution in [1.82, 2.24) is 15.0 Å². The van der Waals surface area contributed by atoms with Gasteiger partial charge in [0, 0.05) is 25.6 Å². The van der Waals surface area contributed by atoms with Gasteiger partial charge in [-0.25, -0.2) is 8.42 Å². The molecular formula is C34H40N4O6S. The van der Waals surface area contributed by atoms with Crippen molar-refractivity contribution >= 4 is 21.6 Å². The van der Waals surface area contributed by atoms with Gasteiger partial charge >= 0.3 is 0 Å².